The van der Waals surface area contributed by atoms with Crippen LogP contribution in [0, 0.1) is 11.2 Å². The van der Waals surface area contributed by atoms with Crippen LogP contribution in [0.1, 0.15) is 35.5 Å². The second-order valence-corrected chi connectivity index (χ2v) is 6.85. The van der Waals surface area contributed by atoms with Gasteiger partial charge in [-0.2, -0.15) is 0 Å². The highest BCUT2D eigenvalue weighted by Crippen LogP contribution is 2.21. The van der Waals surface area contributed by atoms with Gasteiger partial charge < -0.3 is 20.7 Å². The molecule has 0 spiro atoms. The summed E-state index contributed by atoms with van der Waals surface area (Å²) in [6, 6.07) is 3.95. The minimum Gasteiger partial charge on any atom is -0.480 e. The smallest absolute Gasteiger partial charge is 0.328 e. The SMILES string of the molecule is CNc1cc(F)ccc1C(=N)c1cnc2[nH]cc(C(=O)NC(C)(C)C(=O)O)c2n1. The van der Waals surface area contributed by atoms with Gasteiger partial charge >= 0.3 is 5.97 Å². The standard InChI is InChI=1S/C19H19FN6O3/c1-19(2,18(28)29)26-17(27)11-7-23-16-15(11)25-13(8-24-16)14(21)10-5-4-9(20)6-12(10)22-3/h4-8,21-22H,1-3H3,(H,23,24)(H,26,27)(H,28,29). The van der Waals surface area contributed by atoms with Crippen molar-refractivity contribution in [1.82, 2.24) is 20.3 Å². The Morgan fingerprint density at radius 2 is 2.00 bits per heavy atom. The molecular formula is C19H19FN6O3. The highest BCUT2D eigenvalue weighted by Gasteiger charge is 2.30. The lowest BCUT2D eigenvalue weighted by molar-refractivity contribution is -0.143. The van der Waals surface area contributed by atoms with Crippen molar-refractivity contribution in [1.29, 1.82) is 5.41 Å². The molecule has 0 aliphatic heterocycles. The number of rotatable bonds is 6. The van der Waals surface area contributed by atoms with Crippen molar-refractivity contribution in [2.24, 2.45) is 0 Å². The second kappa shape index (κ2) is 7.30. The van der Waals surface area contributed by atoms with Gasteiger partial charge in [0.2, 0.25) is 0 Å². The van der Waals surface area contributed by atoms with Gasteiger partial charge in [0.1, 0.15) is 22.6 Å². The fourth-order valence-corrected chi connectivity index (χ4v) is 2.67. The monoisotopic (exact) mass is 398 g/mol. The fourth-order valence-electron chi connectivity index (χ4n) is 2.67. The zero-order valence-corrected chi connectivity index (χ0v) is 15.9. The summed E-state index contributed by atoms with van der Waals surface area (Å²) in [7, 11) is 1.61. The Bertz CT molecular complexity index is 1140. The summed E-state index contributed by atoms with van der Waals surface area (Å²) in [5.74, 6) is -2.27. The van der Waals surface area contributed by atoms with Crippen molar-refractivity contribution in [3.63, 3.8) is 0 Å². The quantitative estimate of drug-likeness (QED) is 0.403. The minimum atomic E-state index is -1.48. The number of carbonyl (C=O) groups is 2. The molecule has 0 saturated heterocycles. The van der Waals surface area contributed by atoms with Crippen molar-refractivity contribution in [2.45, 2.75) is 19.4 Å². The van der Waals surface area contributed by atoms with Crippen LogP contribution in [0.15, 0.2) is 30.6 Å². The maximum atomic E-state index is 13.5. The number of carbonyl (C=O) groups excluding carboxylic acids is 1. The van der Waals surface area contributed by atoms with Crippen LogP contribution in [-0.2, 0) is 4.79 Å². The summed E-state index contributed by atoms with van der Waals surface area (Å²) in [5, 5.41) is 22.9. The van der Waals surface area contributed by atoms with Gasteiger partial charge in [0.25, 0.3) is 5.91 Å². The number of nitrogens with zero attached hydrogens (tertiary/aromatic N) is 2. The number of halogens is 1. The molecule has 29 heavy (non-hydrogen) atoms. The molecule has 0 unspecified atom stereocenters. The van der Waals surface area contributed by atoms with E-state index in [4.69, 9.17) is 5.41 Å². The van der Waals surface area contributed by atoms with Crippen LogP contribution >= 0.6 is 0 Å². The van der Waals surface area contributed by atoms with Gasteiger partial charge in [-0.15, -0.1) is 0 Å². The maximum absolute atomic E-state index is 13.5. The van der Waals surface area contributed by atoms with Gasteiger partial charge in [-0.05, 0) is 32.0 Å². The summed E-state index contributed by atoms with van der Waals surface area (Å²) >= 11 is 0. The van der Waals surface area contributed by atoms with Crippen LogP contribution in [0.5, 0.6) is 0 Å². The first kappa shape index (κ1) is 19.9. The Morgan fingerprint density at radius 1 is 1.28 bits per heavy atom. The van der Waals surface area contributed by atoms with Crippen LogP contribution in [0.4, 0.5) is 10.1 Å². The molecule has 10 heteroatoms. The summed E-state index contributed by atoms with van der Waals surface area (Å²) in [6.45, 7) is 2.73. The predicted octanol–water partition coefficient (Wildman–Crippen LogP) is 2.15. The van der Waals surface area contributed by atoms with E-state index in [1.54, 1.807) is 7.05 Å². The molecule has 0 radical (unpaired) electrons. The van der Waals surface area contributed by atoms with Gasteiger partial charge in [-0.25, -0.2) is 19.2 Å². The van der Waals surface area contributed by atoms with E-state index >= 15 is 0 Å². The Hall–Kier alpha value is -3.82. The lowest BCUT2D eigenvalue weighted by atomic mass is 10.0. The lowest BCUT2D eigenvalue weighted by Gasteiger charge is -2.20. The third kappa shape index (κ3) is 3.77. The molecule has 0 aliphatic carbocycles. The van der Waals surface area contributed by atoms with E-state index in [0.29, 0.717) is 16.9 Å². The van der Waals surface area contributed by atoms with Crippen LogP contribution in [0.3, 0.4) is 0 Å². The molecule has 9 nitrogen and oxygen atoms in total. The number of carboxylic acids is 1. The molecule has 150 valence electrons. The first-order valence-electron chi connectivity index (χ1n) is 8.60. The number of fused-ring (bicyclic) bond motifs is 1. The summed E-state index contributed by atoms with van der Waals surface area (Å²) in [5.41, 5.74) is 0.113. The molecule has 0 fully saturated rings. The minimum absolute atomic E-state index is 0.0119. The third-order valence-electron chi connectivity index (χ3n) is 4.36. The number of amides is 1. The van der Waals surface area contributed by atoms with Gasteiger partial charge in [0.05, 0.1) is 17.5 Å². The molecule has 3 aromatic rings. The number of anilines is 1. The molecule has 0 bridgehead atoms. The molecule has 1 aromatic carbocycles. The van der Waals surface area contributed by atoms with Gasteiger partial charge in [-0.1, -0.05) is 0 Å². The molecule has 0 atom stereocenters. The maximum Gasteiger partial charge on any atom is 0.328 e. The first-order chi connectivity index (χ1) is 13.6. The topological polar surface area (TPSA) is 144 Å². The van der Waals surface area contributed by atoms with E-state index in [9.17, 15) is 19.1 Å². The van der Waals surface area contributed by atoms with Crippen LogP contribution in [0.2, 0.25) is 0 Å². The van der Waals surface area contributed by atoms with E-state index in [0.717, 1.165) is 0 Å². The van der Waals surface area contributed by atoms with Gasteiger partial charge in [0.15, 0.2) is 5.65 Å². The molecule has 2 aromatic heterocycles. The van der Waals surface area contributed by atoms with E-state index in [-0.39, 0.29) is 22.5 Å². The number of hydrogen-bond donors (Lipinski definition) is 5. The van der Waals surface area contributed by atoms with E-state index in [2.05, 4.69) is 25.6 Å². The van der Waals surface area contributed by atoms with Crippen molar-refractivity contribution < 1.29 is 19.1 Å². The number of carboxylic acid groups (broad SMARTS) is 1. The lowest BCUT2D eigenvalue weighted by Crippen LogP contribution is -2.49. The number of nitrogens with one attached hydrogen (secondary N) is 4. The van der Waals surface area contributed by atoms with Crippen molar-refractivity contribution >= 4 is 34.4 Å². The Morgan fingerprint density at radius 3 is 2.66 bits per heavy atom. The number of hydrogen-bond acceptors (Lipinski definition) is 6. The number of aromatic nitrogens is 3. The number of H-pyrrole nitrogens is 1. The number of aromatic amines is 1. The molecular weight excluding hydrogens is 379 g/mol. The number of benzene rings is 1. The van der Waals surface area contributed by atoms with Crippen molar-refractivity contribution in [3.05, 3.63) is 53.2 Å². The van der Waals surface area contributed by atoms with Crippen molar-refractivity contribution in [3.8, 4) is 0 Å². The van der Waals surface area contributed by atoms with Gasteiger partial charge in [0, 0.05) is 24.5 Å². The van der Waals surface area contributed by atoms with E-state index in [1.165, 1.54) is 44.4 Å². The zero-order chi connectivity index (χ0) is 21.3. The first-order valence-corrected chi connectivity index (χ1v) is 8.60. The molecule has 0 saturated carbocycles. The Labute approximate surface area is 164 Å². The predicted molar refractivity (Wildman–Crippen MR) is 105 cm³/mol. The Balaban J connectivity index is 2.00. The average molecular weight is 398 g/mol. The Kier molecular flexibility index (Phi) is 5.02. The fraction of sp³-hybridized carbons (Fsp3) is 0.211. The molecule has 1 amide bonds. The molecule has 2 heterocycles. The highest BCUT2D eigenvalue weighted by molar-refractivity contribution is 6.14. The van der Waals surface area contributed by atoms with Crippen LogP contribution in [-0.4, -0.2) is 50.2 Å². The number of aliphatic carboxylic acids is 1. The zero-order valence-electron chi connectivity index (χ0n) is 15.9. The molecule has 0 aliphatic rings. The highest BCUT2D eigenvalue weighted by atomic mass is 19.1. The molecule has 5 N–H and O–H groups in total. The second-order valence-electron chi connectivity index (χ2n) is 6.85. The normalized spacial score (nSPS) is 11.3. The van der Waals surface area contributed by atoms with Gasteiger partial charge in [-0.3, -0.25) is 10.2 Å². The summed E-state index contributed by atoms with van der Waals surface area (Å²) in [6.07, 6.45) is 2.75. The van der Waals surface area contributed by atoms with E-state index < -0.39 is 23.2 Å². The largest absolute Gasteiger partial charge is 0.480 e. The summed E-state index contributed by atoms with van der Waals surface area (Å²) in [4.78, 5) is 35.2. The van der Waals surface area contributed by atoms with Crippen LogP contribution in [0.25, 0.3) is 11.2 Å². The van der Waals surface area contributed by atoms with Crippen LogP contribution < -0.4 is 10.6 Å². The average Bonchev–Trinajstić information content (AvgIpc) is 3.10. The third-order valence-corrected chi connectivity index (χ3v) is 4.36. The summed E-state index contributed by atoms with van der Waals surface area (Å²) < 4.78 is 13.5. The molecule has 3 rings (SSSR count). The van der Waals surface area contributed by atoms with Crippen molar-refractivity contribution in [2.75, 3.05) is 12.4 Å². The van der Waals surface area contributed by atoms with E-state index in [1.807, 2.05) is 0 Å².